The molecule has 0 unspecified atom stereocenters. The summed E-state index contributed by atoms with van der Waals surface area (Å²) in [5, 5.41) is 16.1. The van der Waals surface area contributed by atoms with Gasteiger partial charge in [-0.2, -0.15) is 0 Å². The van der Waals surface area contributed by atoms with Crippen LogP contribution in [0.3, 0.4) is 0 Å². The molecule has 0 amide bonds. The molecule has 0 aromatic carbocycles. The topological polar surface area (TPSA) is 96.7 Å². The van der Waals surface area contributed by atoms with Gasteiger partial charge < -0.3 is 20.0 Å². The molecule has 0 aliphatic carbocycles. The molecule has 84 valence electrons. The maximum Gasteiger partial charge on any atom is 0.374 e. The van der Waals surface area contributed by atoms with Crippen LogP contribution in [-0.4, -0.2) is 36.5 Å². The Labute approximate surface area is 87.0 Å². The molecule has 6 nitrogen and oxygen atoms in total. The van der Waals surface area contributed by atoms with Gasteiger partial charge in [-0.05, 0) is 13.8 Å². The highest BCUT2D eigenvalue weighted by molar-refractivity contribution is 6.13. The van der Waals surface area contributed by atoms with E-state index >= 15 is 0 Å². The van der Waals surface area contributed by atoms with Crippen molar-refractivity contribution in [2.75, 3.05) is 13.2 Å². The van der Waals surface area contributed by atoms with Crippen molar-refractivity contribution in [1.29, 1.82) is 5.41 Å². The van der Waals surface area contributed by atoms with E-state index in [2.05, 4.69) is 9.47 Å². The van der Waals surface area contributed by atoms with Crippen LogP contribution >= 0.6 is 0 Å². The summed E-state index contributed by atoms with van der Waals surface area (Å²) in [5.41, 5.74) is -0.518. The standard InChI is InChI=1S/C9H13NO5/c1-3-14-8(12)6(5-10)7(11)9(13)15-4-2/h5,10-11H,3-4H2,1-2H3. The molecule has 0 aromatic rings. The van der Waals surface area contributed by atoms with E-state index in [4.69, 9.17) is 5.41 Å². The van der Waals surface area contributed by atoms with Crippen molar-refractivity contribution in [1.82, 2.24) is 0 Å². The first-order chi connectivity index (χ1) is 7.08. The van der Waals surface area contributed by atoms with E-state index in [1.54, 1.807) is 13.8 Å². The van der Waals surface area contributed by atoms with E-state index in [0.717, 1.165) is 0 Å². The van der Waals surface area contributed by atoms with Gasteiger partial charge in [0.15, 0.2) is 0 Å². The molecule has 0 saturated carbocycles. The van der Waals surface area contributed by atoms with Gasteiger partial charge in [-0.1, -0.05) is 0 Å². The highest BCUT2D eigenvalue weighted by Gasteiger charge is 2.20. The summed E-state index contributed by atoms with van der Waals surface area (Å²) in [5.74, 6) is -2.90. The molecule has 6 heteroatoms. The minimum absolute atomic E-state index is 0.0665. The molecule has 0 saturated heterocycles. The number of hydrogen-bond acceptors (Lipinski definition) is 6. The predicted octanol–water partition coefficient (Wildman–Crippen LogP) is 0.574. The minimum Gasteiger partial charge on any atom is -0.501 e. The lowest BCUT2D eigenvalue weighted by Gasteiger charge is -2.04. The third-order valence-corrected chi connectivity index (χ3v) is 1.36. The van der Waals surface area contributed by atoms with E-state index in [0.29, 0.717) is 6.21 Å². The number of esters is 2. The minimum atomic E-state index is -1.05. The van der Waals surface area contributed by atoms with Gasteiger partial charge in [0.2, 0.25) is 5.76 Å². The first-order valence-electron chi connectivity index (χ1n) is 4.36. The molecule has 0 rings (SSSR count). The zero-order valence-electron chi connectivity index (χ0n) is 8.57. The fourth-order valence-electron chi connectivity index (χ4n) is 0.742. The number of ether oxygens (including phenoxy) is 2. The molecule has 0 fully saturated rings. The Bertz CT molecular complexity index is 295. The van der Waals surface area contributed by atoms with Gasteiger partial charge in [-0.15, -0.1) is 0 Å². The second-order valence-electron chi connectivity index (χ2n) is 2.35. The predicted molar refractivity (Wildman–Crippen MR) is 51.7 cm³/mol. The number of carbonyl (C=O) groups excluding carboxylic acids is 2. The van der Waals surface area contributed by atoms with Gasteiger partial charge in [0.1, 0.15) is 5.57 Å². The summed E-state index contributed by atoms with van der Waals surface area (Å²) in [6, 6.07) is 0. The highest BCUT2D eigenvalue weighted by Crippen LogP contribution is 2.04. The first kappa shape index (κ1) is 13.2. The molecule has 0 radical (unpaired) electrons. The Hall–Kier alpha value is -1.85. The van der Waals surface area contributed by atoms with Crippen LogP contribution in [0.2, 0.25) is 0 Å². The van der Waals surface area contributed by atoms with Crippen LogP contribution < -0.4 is 0 Å². The molecule has 0 atom stereocenters. The second-order valence-corrected chi connectivity index (χ2v) is 2.35. The van der Waals surface area contributed by atoms with Crippen LogP contribution in [0.5, 0.6) is 0 Å². The molecule has 2 N–H and O–H groups in total. The Balaban J connectivity index is 4.88. The Kier molecular flexibility index (Phi) is 5.77. The van der Waals surface area contributed by atoms with Crippen molar-refractivity contribution in [2.45, 2.75) is 13.8 Å². The lowest BCUT2D eigenvalue weighted by Crippen LogP contribution is -2.17. The van der Waals surface area contributed by atoms with Crippen molar-refractivity contribution in [3.05, 3.63) is 11.3 Å². The normalized spacial score (nSPS) is 11.3. The quantitative estimate of drug-likeness (QED) is 0.302. The molecule has 0 aliphatic rings. The Morgan fingerprint density at radius 1 is 1.20 bits per heavy atom. The summed E-state index contributed by atoms with van der Waals surface area (Å²) in [7, 11) is 0. The van der Waals surface area contributed by atoms with Crippen LogP contribution in [-0.2, 0) is 19.1 Å². The number of aliphatic hydroxyl groups is 1. The summed E-state index contributed by atoms with van der Waals surface area (Å²) < 4.78 is 8.99. The third kappa shape index (κ3) is 3.80. The maximum atomic E-state index is 11.1. The Morgan fingerprint density at radius 3 is 2.07 bits per heavy atom. The molecular formula is C9H13NO5. The average molecular weight is 215 g/mol. The molecule has 0 spiro atoms. The van der Waals surface area contributed by atoms with Crippen molar-refractivity contribution in [3.63, 3.8) is 0 Å². The number of aliphatic hydroxyl groups excluding tert-OH is 1. The van der Waals surface area contributed by atoms with Crippen LogP contribution in [0, 0.1) is 5.41 Å². The molecule has 0 aliphatic heterocycles. The lowest BCUT2D eigenvalue weighted by molar-refractivity contribution is -0.143. The van der Waals surface area contributed by atoms with Crippen LogP contribution in [0.1, 0.15) is 13.8 Å². The number of nitrogens with one attached hydrogen (secondary N) is 1. The molecule has 0 bridgehead atoms. The zero-order chi connectivity index (χ0) is 11.8. The van der Waals surface area contributed by atoms with E-state index in [-0.39, 0.29) is 13.2 Å². The van der Waals surface area contributed by atoms with Crippen molar-refractivity contribution < 1.29 is 24.2 Å². The number of rotatable bonds is 5. The second kappa shape index (κ2) is 6.58. The van der Waals surface area contributed by atoms with E-state index in [9.17, 15) is 14.7 Å². The smallest absolute Gasteiger partial charge is 0.374 e. The lowest BCUT2D eigenvalue weighted by atomic mass is 10.2. The van der Waals surface area contributed by atoms with Crippen molar-refractivity contribution >= 4 is 18.2 Å². The monoisotopic (exact) mass is 215 g/mol. The van der Waals surface area contributed by atoms with Gasteiger partial charge >= 0.3 is 11.9 Å². The van der Waals surface area contributed by atoms with Gasteiger partial charge in [0, 0.05) is 6.21 Å². The van der Waals surface area contributed by atoms with Crippen molar-refractivity contribution in [2.24, 2.45) is 0 Å². The third-order valence-electron chi connectivity index (χ3n) is 1.36. The first-order valence-corrected chi connectivity index (χ1v) is 4.36. The molecule has 0 aromatic heterocycles. The van der Waals surface area contributed by atoms with E-state index < -0.39 is 23.3 Å². The highest BCUT2D eigenvalue weighted by atomic mass is 16.5. The summed E-state index contributed by atoms with van der Waals surface area (Å²) in [6.07, 6.45) is 0.546. The zero-order valence-corrected chi connectivity index (χ0v) is 8.57. The fourth-order valence-corrected chi connectivity index (χ4v) is 0.742. The van der Waals surface area contributed by atoms with E-state index in [1.165, 1.54) is 0 Å². The van der Waals surface area contributed by atoms with Crippen molar-refractivity contribution in [3.8, 4) is 0 Å². The maximum absolute atomic E-state index is 11.1. The fraction of sp³-hybridized carbons (Fsp3) is 0.444. The molecule has 0 heterocycles. The van der Waals surface area contributed by atoms with Gasteiger partial charge in [0.25, 0.3) is 0 Å². The Morgan fingerprint density at radius 2 is 1.67 bits per heavy atom. The molecule has 15 heavy (non-hydrogen) atoms. The summed E-state index contributed by atoms with van der Waals surface area (Å²) in [6.45, 7) is 3.28. The van der Waals surface area contributed by atoms with Crippen LogP contribution in [0.15, 0.2) is 11.3 Å². The summed E-state index contributed by atoms with van der Waals surface area (Å²) >= 11 is 0. The van der Waals surface area contributed by atoms with Gasteiger partial charge in [-0.25, -0.2) is 9.59 Å². The van der Waals surface area contributed by atoms with E-state index in [1.807, 2.05) is 0 Å². The van der Waals surface area contributed by atoms with Gasteiger partial charge in [-0.3, -0.25) is 0 Å². The SMILES string of the molecule is CCOC(=O)C(O)=C(C=N)C(=O)OCC. The largest absolute Gasteiger partial charge is 0.501 e. The molecular weight excluding hydrogens is 202 g/mol. The summed E-state index contributed by atoms with van der Waals surface area (Å²) in [4.78, 5) is 22.1. The van der Waals surface area contributed by atoms with Crippen LogP contribution in [0.4, 0.5) is 0 Å². The van der Waals surface area contributed by atoms with Crippen LogP contribution in [0.25, 0.3) is 0 Å². The number of hydrogen-bond donors (Lipinski definition) is 2. The van der Waals surface area contributed by atoms with Gasteiger partial charge in [0.05, 0.1) is 13.2 Å². The number of carbonyl (C=O) groups is 2. The average Bonchev–Trinajstić information content (AvgIpc) is 2.19.